The van der Waals surface area contributed by atoms with Crippen molar-refractivity contribution in [2.45, 2.75) is 12.5 Å². The zero-order valence-electron chi connectivity index (χ0n) is 15.3. The molecule has 0 radical (unpaired) electrons. The molecular formula is C21H21N5O2. The van der Waals surface area contributed by atoms with Gasteiger partial charge in [0.05, 0.1) is 30.5 Å². The first-order valence-electron chi connectivity index (χ1n) is 9.16. The van der Waals surface area contributed by atoms with Crippen LogP contribution in [-0.2, 0) is 11.2 Å². The molecular weight excluding hydrogens is 354 g/mol. The zero-order valence-corrected chi connectivity index (χ0v) is 15.3. The van der Waals surface area contributed by atoms with Gasteiger partial charge >= 0.3 is 0 Å². The molecule has 1 saturated heterocycles. The smallest absolute Gasteiger partial charge is 0.255 e. The molecule has 2 atom stereocenters. The van der Waals surface area contributed by atoms with Crippen molar-refractivity contribution >= 4 is 11.9 Å². The van der Waals surface area contributed by atoms with Gasteiger partial charge < -0.3 is 15.8 Å². The Hall–Kier alpha value is -3.32. The van der Waals surface area contributed by atoms with Crippen molar-refractivity contribution in [1.29, 1.82) is 0 Å². The number of amides is 1. The van der Waals surface area contributed by atoms with E-state index in [0.29, 0.717) is 24.5 Å². The Morgan fingerprint density at radius 1 is 1.14 bits per heavy atom. The van der Waals surface area contributed by atoms with Crippen molar-refractivity contribution in [3.05, 3.63) is 72.2 Å². The Morgan fingerprint density at radius 3 is 2.71 bits per heavy atom. The summed E-state index contributed by atoms with van der Waals surface area (Å²) in [5, 5.41) is 3.09. The molecule has 3 N–H and O–H groups in total. The lowest BCUT2D eigenvalue weighted by Gasteiger charge is -2.20. The molecule has 0 unspecified atom stereocenters. The molecule has 28 heavy (non-hydrogen) atoms. The van der Waals surface area contributed by atoms with E-state index in [1.165, 1.54) is 11.8 Å². The lowest BCUT2D eigenvalue weighted by Crippen LogP contribution is -2.41. The molecule has 7 heteroatoms. The molecule has 0 aliphatic carbocycles. The van der Waals surface area contributed by atoms with Gasteiger partial charge in [0.2, 0.25) is 5.95 Å². The number of rotatable bonds is 5. The minimum atomic E-state index is -0.228. The van der Waals surface area contributed by atoms with Crippen LogP contribution in [0.1, 0.15) is 15.9 Å². The van der Waals surface area contributed by atoms with Crippen LogP contribution in [0.4, 0.5) is 5.95 Å². The summed E-state index contributed by atoms with van der Waals surface area (Å²) in [4.78, 5) is 25.4. The Kier molecular flexibility index (Phi) is 5.25. The van der Waals surface area contributed by atoms with Crippen LogP contribution < -0.4 is 11.1 Å². The number of benzene rings is 1. The normalized spacial score (nSPS) is 18.7. The van der Waals surface area contributed by atoms with Crippen LogP contribution in [0.3, 0.4) is 0 Å². The first-order chi connectivity index (χ1) is 13.7. The number of nitrogens with one attached hydrogen (secondary N) is 1. The van der Waals surface area contributed by atoms with Crippen molar-refractivity contribution in [3.63, 3.8) is 0 Å². The number of pyridine rings is 1. The standard InChI is InChI=1S/C21H21N5O2/c22-21-24-11-17(19(26-21)15-4-2-1-3-5-15)20(27)25-18-13-28-12-16(18)10-14-6-8-23-9-7-14/h1-9,11,16,18H,10,12-13H2,(H,25,27)(H2,22,24,26)/t16-,18+/m1/s1. The number of nitrogens with zero attached hydrogens (tertiary/aromatic N) is 3. The number of hydrogen-bond acceptors (Lipinski definition) is 6. The Morgan fingerprint density at radius 2 is 1.93 bits per heavy atom. The van der Waals surface area contributed by atoms with Gasteiger partial charge in [0.25, 0.3) is 5.91 Å². The maximum absolute atomic E-state index is 13.0. The lowest BCUT2D eigenvalue weighted by molar-refractivity contribution is 0.0925. The third-order valence-electron chi connectivity index (χ3n) is 4.86. The van der Waals surface area contributed by atoms with E-state index >= 15 is 0 Å². The van der Waals surface area contributed by atoms with Crippen molar-refractivity contribution < 1.29 is 9.53 Å². The number of nitrogen functional groups attached to an aromatic ring is 1. The molecule has 3 aromatic rings. The molecule has 142 valence electrons. The average molecular weight is 375 g/mol. The first kappa shape index (κ1) is 18.1. The van der Waals surface area contributed by atoms with Crippen molar-refractivity contribution in [2.24, 2.45) is 5.92 Å². The molecule has 0 bridgehead atoms. The van der Waals surface area contributed by atoms with Gasteiger partial charge in [-0.25, -0.2) is 9.97 Å². The summed E-state index contributed by atoms with van der Waals surface area (Å²) in [7, 11) is 0. The third-order valence-corrected chi connectivity index (χ3v) is 4.86. The average Bonchev–Trinajstić information content (AvgIpc) is 3.15. The van der Waals surface area contributed by atoms with E-state index in [1.807, 2.05) is 42.5 Å². The van der Waals surface area contributed by atoms with E-state index in [9.17, 15) is 4.79 Å². The quantitative estimate of drug-likeness (QED) is 0.708. The first-order valence-corrected chi connectivity index (χ1v) is 9.16. The highest BCUT2D eigenvalue weighted by Gasteiger charge is 2.30. The highest BCUT2D eigenvalue weighted by molar-refractivity contribution is 6.00. The predicted octanol–water partition coefficient (Wildman–Crippen LogP) is 2.11. The minimum absolute atomic E-state index is 0.0816. The summed E-state index contributed by atoms with van der Waals surface area (Å²) < 4.78 is 5.63. The monoisotopic (exact) mass is 375 g/mol. The SMILES string of the molecule is Nc1ncc(C(=O)N[C@H]2COC[C@H]2Cc2ccncc2)c(-c2ccccc2)n1. The van der Waals surface area contributed by atoms with E-state index in [2.05, 4.69) is 20.3 Å². The summed E-state index contributed by atoms with van der Waals surface area (Å²) in [6.07, 6.45) is 5.85. The van der Waals surface area contributed by atoms with Gasteiger partial charge in [-0.2, -0.15) is 0 Å². The van der Waals surface area contributed by atoms with E-state index in [0.717, 1.165) is 12.0 Å². The fourth-order valence-electron chi connectivity index (χ4n) is 3.40. The van der Waals surface area contributed by atoms with E-state index in [4.69, 9.17) is 10.5 Å². The highest BCUT2D eigenvalue weighted by atomic mass is 16.5. The maximum atomic E-state index is 13.0. The number of anilines is 1. The summed E-state index contributed by atoms with van der Waals surface area (Å²) >= 11 is 0. The van der Waals surface area contributed by atoms with Gasteiger partial charge in [-0.1, -0.05) is 30.3 Å². The lowest BCUT2D eigenvalue weighted by atomic mass is 9.95. The molecule has 4 rings (SSSR count). The second kappa shape index (κ2) is 8.14. The largest absolute Gasteiger partial charge is 0.379 e. The molecule has 0 saturated carbocycles. The van der Waals surface area contributed by atoms with E-state index in [1.54, 1.807) is 12.4 Å². The van der Waals surface area contributed by atoms with Crippen LogP contribution in [-0.4, -0.2) is 40.1 Å². The van der Waals surface area contributed by atoms with Crippen molar-refractivity contribution in [1.82, 2.24) is 20.3 Å². The predicted molar refractivity (Wildman–Crippen MR) is 105 cm³/mol. The van der Waals surface area contributed by atoms with Crippen molar-refractivity contribution in [2.75, 3.05) is 18.9 Å². The van der Waals surface area contributed by atoms with Gasteiger partial charge in [-0.3, -0.25) is 9.78 Å². The number of carbonyl (C=O) groups is 1. The summed E-state index contributed by atoms with van der Waals surface area (Å²) in [6.45, 7) is 1.09. The van der Waals surface area contributed by atoms with Crippen LogP contribution in [0.15, 0.2) is 61.1 Å². The number of hydrogen-bond donors (Lipinski definition) is 2. The van der Waals surface area contributed by atoms with Gasteiger partial charge in [-0.15, -0.1) is 0 Å². The van der Waals surface area contributed by atoms with Crippen molar-refractivity contribution in [3.8, 4) is 11.3 Å². The van der Waals surface area contributed by atoms with Crippen LogP contribution in [0.25, 0.3) is 11.3 Å². The third kappa shape index (κ3) is 3.99. The number of aromatic nitrogens is 3. The number of carbonyl (C=O) groups excluding carboxylic acids is 1. The Labute approximate surface area is 163 Å². The fraction of sp³-hybridized carbons (Fsp3) is 0.238. The molecule has 3 heterocycles. The second-order valence-electron chi connectivity index (χ2n) is 6.79. The summed E-state index contributed by atoms with van der Waals surface area (Å²) in [5.41, 5.74) is 8.67. The minimum Gasteiger partial charge on any atom is -0.379 e. The Balaban J connectivity index is 1.54. The Bertz CT molecular complexity index is 950. The van der Waals surface area contributed by atoms with Crippen LogP contribution in [0, 0.1) is 5.92 Å². The maximum Gasteiger partial charge on any atom is 0.255 e. The summed E-state index contributed by atoms with van der Waals surface area (Å²) in [6, 6.07) is 13.4. The molecule has 1 fully saturated rings. The van der Waals surface area contributed by atoms with Crippen LogP contribution in [0.2, 0.25) is 0 Å². The van der Waals surface area contributed by atoms with Gasteiger partial charge in [0, 0.05) is 30.1 Å². The summed E-state index contributed by atoms with van der Waals surface area (Å²) in [5.74, 6) is 0.102. The molecule has 1 aromatic carbocycles. The molecule has 1 amide bonds. The molecule has 2 aromatic heterocycles. The number of ether oxygens (including phenoxy) is 1. The van der Waals surface area contributed by atoms with Gasteiger partial charge in [0.1, 0.15) is 0 Å². The van der Waals surface area contributed by atoms with Gasteiger partial charge in [0.15, 0.2) is 0 Å². The molecule has 1 aliphatic heterocycles. The topological polar surface area (TPSA) is 103 Å². The highest BCUT2D eigenvalue weighted by Crippen LogP contribution is 2.23. The fourth-order valence-corrected chi connectivity index (χ4v) is 3.40. The van der Waals surface area contributed by atoms with Crippen LogP contribution in [0.5, 0.6) is 0 Å². The number of nitrogens with two attached hydrogens (primary N) is 1. The van der Waals surface area contributed by atoms with Crippen LogP contribution >= 0.6 is 0 Å². The van der Waals surface area contributed by atoms with E-state index in [-0.39, 0.29) is 23.8 Å². The van der Waals surface area contributed by atoms with E-state index < -0.39 is 0 Å². The second-order valence-corrected chi connectivity index (χ2v) is 6.79. The zero-order chi connectivity index (χ0) is 19.3. The molecule has 0 spiro atoms. The molecule has 1 aliphatic rings. The molecule has 7 nitrogen and oxygen atoms in total. The van der Waals surface area contributed by atoms with Gasteiger partial charge in [-0.05, 0) is 24.1 Å².